The third-order valence-corrected chi connectivity index (χ3v) is 4.20. The minimum atomic E-state index is 0.676. The zero-order valence-electron chi connectivity index (χ0n) is 9.62. The molecule has 0 fully saturated rings. The first-order valence-electron chi connectivity index (χ1n) is 5.53. The molecule has 0 saturated heterocycles. The van der Waals surface area contributed by atoms with Gasteiger partial charge in [0.25, 0.3) is 0 Å². The molecule has 1 atom stereocenters. The van der Waals surface area contributed by atoms with Gasteiger partial charge in [0, 0.05) is 21.3 Å². The Labute approximate surface area is 120 Å². The number of halogens is 1. The molecule has 90 valence electrons. The van der Waals surface area contributed by atoms with Crippen LogP contribution in [0, 0.1) is 11.8 Å². The Morgan fingerprint density at radius 2 is 2.41 bits per heavy atom. The van der Waals surface area contributed by atoms with E-state index in [0.29, 0.717) is 3.92 Å². The highest BCUT2D eigenvalue weighted by Crippen LogP contribution is 2.14. The minimum absolute atomic E-state index is 0.676. The van der Waals surface area contributed by atoms with Gasteiger partial charge in [-0.15, -0.1) is 17.9 Å². The summed E-state index contributed by atoms with van der Waals surface area (Å²) in [5.74, 6) is 6.23. The first kappa shape index (κ1) is 14.5. The number of carbonyl (C=O) groups is 1. The largest absolute Gasteiger partial charge is 0.297 e. The van der Waals surface area contributed by atoms with Crippen molar-refractivity contribution in [1.82, 2.24) is 0 Å². The van der Waals surface area contributed by atoms with Gasteiger partial charge in [-0.05, 0) is 25.3 Å². The fraction of sp³-hybridized carbons (Fsp3) is 0.357. The zero-order chi connectivity index (χ0) is 12.5. The summed E-state index contributed by atoms with van der Waals surface area (Å²) in [6, 6.07) is 1.84. The normalized spacial score (nSPS) is 11.4. The molecule has 0 bridgehead atoms. The van der Waals surface area contributed by atoms with Crippen LogP contribution >= 0.6 is 33.9 Å². The molecule has 0 amide bonds. The number of unbranched alkanes of at least 4 members (excludes halogenated alkanes) is 1. The van der Waals surface area contributed by atoms with Crippen LogP contribution < -0.4 is 0 Å². The summed E-state index contributed by atoms with van der Waals surface area (Å²) in [7, 11) is 0. The second-order valence-corrected chi connectivity index (χ2v) is 6.38. The number of thiophene rings is 1. The predicted octanol–water partition coefficient (Wildman–Crippen LogP) is 4.46. The monoisotopic (exact) mass is 358 g/mol. The first-order valence-corrected chi connectivity index (χ1v) is 7.66. The average molecular weight is 358 g/mol. The summed E-state index contributed by atoms with van der Waals surface area (Å²) >= 11 is 3.90. The fourth-order valence-electron chi connectivity index (χ4n) is 1.36. The molecule has 1 unspecified atom stereocenters. The Kier molecular flexibility index (Phi) is 7.22. The third kappa shape index (κ3) is 6.04. The van der Waals surface area contributed by atoms with Crippen LogP contribution in [-0.4, -0.2) is 10.2 Å². The van der Waals surface area contributed by atoms with Crippen LogP contribution in [0.2, 0.25) is 0 Å². The molecule has 0 spiro atoms. The van der Waals surface area contributed by atoms with Crippen LogP contribution in [0.1, 0.15) is 40.9 Å². The summed E-state index contributed by atoms with van der Waals surface area (Å²) in [5, 5.41) is 1.93. The lowest BCUT2D eigenvalue weighted by molar-refractivity contribution is 0.112. The Balaban J connectivity index is 2.26. The van der Waals surface area contributed by atoms with Crippen molar-refractivity contribution in [2.45, 2.75) is 29.6 Å². The van der Waals surface area contributed by atoms with Gasteiger partial charge in [-0.2, -0.15) is 0 Å². The van der Waals surface area contributed by atoms with Crippen LogP contribution in [0.4, 0.5) is 0 Å². The number of allylic oxidation sites excluding steroid dienone is 1. The van der Waals surface area contributed by atoms with Crippen molar-refractivity contribution >= 4 is 40.2 Å². The van der Waals surface area contributed by atoms with Gasteiger partial charge < -0.3 is 0 Å². The predicted molar refractivity (Wildman–Crippen MR) is 83.1 cm³/mol. The molecule has 0 saturated carbocycles. The van der Waals surface area contributed by atoms with Crippen LogP contribution in [0.15, 0.2) is 24.1 Å². The molecule has 0 N–H and O–H groups in total. The van der Waals surface area contributed by atoms with E-state index in [1.807, 2.05) is 17.5 Å². The second-order valence-electron chi connectivity index (χ2n) is 3.67. The number of aldehydes is 1. The minimum Gasteiger partial charge on any atom is -0.297 e. The van der Waals surface area contributed by atoms with Crippen molar-refractivity contribution in [3.05, 3.63) is 34.5 Å². The van der Waals surface area contributed by atoms with Crippen molar-refractivity contribution in [3.63, 3.8) is 0 Å². The van der Waals surface area contributed by atoms with Gasteiger partial charge in [-0.3, -0.25) is 4.79 Å². The fourth-order valence-corrected chi connectivity index (χ4v) is 2.80. The molecule has 0 aliphatic carbocycles. The Morgan fingerprint density at radius 3 is 3.06 bits per heavy atom. The summed E-state index contributed by atoms with van der Waals surface area (Å²) in [6.07, 6.45) is 7.13. The maximum atomic E-state index is 10.5. The van der Waals surface area contributed by atoms with Crippen molar-refractivity contribution in [3.8, 4) is 11.8 Å². The van der Waals surface area contributed by atoms with E-state index in [1.165, 1.54) is 17.8 Å². The topological polar surface area (TPSA) is 17.1 Å². The molecule has 1 rings (SSSR count). The Morgan fingerprint density at radius 1 is 1.59 bits per heavy atom. The Bertz CT molecular complexity index is 425. The van der Waals surface area contributed by atoms with E-state index in [-0.39, 0.29) is 0 Å². The number of hydrogen-bond donors (Lipinski definition) is 0. The van der Waals surface area contributed by atoms with E-state index >= 15 is 0 Å². The average Bonchev–Trinajstić information content (AvgIpc) is 2.77. The van der Waals surface area contributed by atoms with Gasteiger partial charge in [0.1, 0.15) is 0 Å². The second kappa shape index (κ2) is 8.48. The lowest BCUT2D eigenvalue weighted by Gasteiger charge is -2.03. The molecule has 0 aromatic carbocycles. The molecule has 0 aliphatic rings. The summed E-state index contributed by atoms with van der Waals surface area (Å²) in [6.45, 7) is 3.74. The SMILES string of the molecule is C=CCC(I)CCCC#Cc1csc(C=O)c1. The van der Waals surface area contributed by atoms with Gasteiger partial charge in [-0.25, -0.2) is 0 Å². The lowest BCUT2D eigenvalue weighted by Crippen LogP contribution is -1.94. The molecule has 1 heterocycles. The first-order chi connectivity index (χ1) is 8.26. The van der Waals surface area contributed by atoms with E-state index in [2.05, 4.69) is 41.0 Å². The van der Waals surface area contributed by atoms with E-state index in [1.54, 1.807) is 0 Å². The molecule has 1 nitrogen and oxygen atoms in total. The number of hydrogen-bond acceptors (Lipinski definition) is 2. The highest BCUT2D eigenvalue weighted by molar-refractivity contribution is 14.1. The number of rotatable bonds is 6. The smallest absolute Gasteiger partial charge is 0.160 e. The van der Waals surface area contributed by atoms with Crippen LogP contribution in [-0.2, 0) is 0 Å². The third-order valence-electron chi connectivity index (χ3n) is 2.21. The maximum absolute atomic E-state index is 10.5. The van der Waals surface area contributed by atoms with Gasteiger partial charge in [0.15, 0.2) is 6.29 Å². The van der Waals surface area contributed by atoms with Crippen molar-refractivity contribution < 1.29 is 4.79 Å². The van der Waals surface area contributed by atoms with Crippen LogP contribution in [0.5, 0.6) is 0 Å². The summed E-state index contributed by atoms with van der Waals surface area (Å²) < 4.78 is 0.676. The van der Waals surface area contributed by atoms with Crippen molar-refractivity contribution in [2.75, 3.05) is 0 Å². The van der Waals surface area contributed by atoms with E-state index < -0.39 is 0 Å². The molecule has 0 aliphatic heterocycles. The molecular formula is C14H15IOS. The molecule has 17 heavy (non-hydrogen) atoms. The zero-order valence-corrected chi connectivity index (χ0v) is 12.6. The van der Waals surface area contributed by atoms with Gasteiger partial charge in [0.2, 0.25) is 0 Å². The van der Waals surface area contributed by atoms with Crippen molar-refractivity contribution in [2.24, 2.45) is 0 Å². The standard InChI is InChI=1S/C14H15IOS/c1-2-6-13(15)8-5-3-4-7-12-9-14(10-16)17-11-12/h2,9-11,13H,1,3,5-6,8H2. The Hall–Kier alpha value is -0.600. The van der Waals surface area contributed by atoms with Crippen LogP contribution in [0.3, 0.4) is 0 Å². The van der Waals surface area contributed by atoms with E-state index in [0.717, 1.165) is 36.0 Å². The maximum Gasteiger partial charge on any atom is 0.160 e. The van der Waals surface area contributed by atoms with Gasteiger partial charge in [-0.1, -0.05) is 40.5 Å². The van der Waals surface area contributed by atoms with Gasteiger partial charge in [0.05, 0.1) is 4.88 Å². The molecular weight excluding hydrogens is 343 g/mol. The van der Waals surface area contributed by atoms with Gasteiger partial charge >= 0.3 is 0 Å². The van der Waals surface area contributed by atoms with E-state index in [4.69, 9.17) is 0 Å². The van der Waals surface area contributed by atoms with Crippen LogP contribution in [0.25, 0.3) is 0 Å². The lowest BCUT2D eigenvalue weighted by atomic mass is 10.1. The highest BCUT2D eigenvalue weighted by atomic mass is 127. The highest BCUT2D eigenvalue weighted by Gasteiger charge is 1.99. The summed E-state index contributed by atoms with van der Waals surface area (Å²) in [5.41, 5.74) is 0.953. The summed E-state index contributed by atoms with van der Waals surface area (Å²) in [4.78, 5) is 11.2. The molecule has 0 radical (unpaired) electrons. The number of carbonyl (C=O) groups excluding carboxylic acids is 1. The number of alkyl halides is 1. The molecule has 1 aromatic rings. The molecule has 1 aromatic heterocycles. The van der Waals surface area contributed by atoms with Crippen molar-refractivity contribution in [1.29, 1.82) is 0 Å². The quantitative estimate of drug-likeness (QED) is 0.183. The molecule has 3 heteroatoms. The van der Waals surface area contributed by atoms with E-state index in [9.17, 15) is 4.79 Å².